The van der Waals surface area contributed by atoms with E-state index in [1.807, 2.05) is 0 Å². The number of benzene rings is 1. The summed E-state index contributed by atoms with van der Waals surface area (Å²) in [7, 11) is 0. The summed E-state index contributed by atoms with van der Waals surface area (Å²) in [6.45, 7) is -0.415. The molecule has 1 aromatic carbocycles. The summed E-state index contributed by atoms with van der Waals surface area (Å²) in [6.07, 6.45) is -4.56. The van der Waals surface area contributed by atoms with Crippen LogP contribution in [0.1, 0.15) is 11.5 Å². The van der Waals surface area contributed by atoms with E-state index in [1.54, 1.807) is 6.07 Å². The van der Waals surface area contributed by atoms with Gasteiger partial charge in [0.05, 0.1) is 12.2 Å². The van der Waals surface area contributed by atoms with E-state index in [2.05, 4.69) is 0 Å². The highest BCUT2D eigenvalue weighted by Gasteiger charge is 2.49. The molecule has 3 nitrogen and oxygen atoms in total. The van der Waals surface area contributed by atoms with Crippen LogP contribution in [-0.4, -0.2) is 18.5 Å². The molecule has 16 heavy (non-hydrogen) atoms. The van der Waals surface area contributed by atoms with Crippen molar-refractivity contribution in [3.8, 4) is 0 Å². The van der Waals surface area contributed by atoms with Gasteiger partial charge in [-0.1, -0.05) is 18.2 Å². The first-order valence-corrected chi connectivity index (χ1v) is 4.62. The Morgan fingerprint density at radius 3 is 2.56 bits per heavy atom. The SMILES string of the molecule is NN1CC(=O)C(C(F)(F)F)c2ccccc21. The van der Waals surface area contributed by atoms with Crippen molar-refractivity contribution < 1.29 is 18.0 Å². The Bertz CT molecular complexity index is 430. The van der Waals surface area contributed by atoms with Crippen LogP contribution in [0.15, 0.2) is 24.3 Å². The summed E-state index contributed by atoms with van der Waals surface area (Å²) in [5.41, 5.74) is 0.179. The fourth-order valence-electron chi connectivity index (χ4n) is 1.87. The zero-order valence-corrected chi connectivity index (χ0v) is 8.16. The van der Waals surface area contributed by atoms with E-state index in [-0.39, 0.29) is 11.3 Å². The number of Topliss-reactive ketones (excluding diaryl/α,β-unsaturated/α-hetero) is 1. The Labute approximate surface area is 89.6 Å². The van der Waals surface area contributed by atoms with Gasteiger partial charge < -0.3 is 5.01 Å². The third-order valence-corrected chi connectivity index (χ3v) is 2.53. The van der Waals surface area contributed by atoms with Gasteiger partial charge in [0, 0.05) is 0 Å². The Kier molecular flexibility index (Phi) is 2.38. The minimum absolute atomic E-state index is 0.0752. The molecule has 1 aromatic rings. The lowest BCUT2D eigenvalue weighted by molar-refractivity contribution is -0.163. The van der Waals surface area contributed by atoms with Crippen LogP contribution < -0.4 is 10.9 Å². The topological polar surface area (TPSA) is 46.3 Å². The van der Waals surface area contributed by atoms with E-state index < -0.39 is 24.4 Å². The second kappa shape index (κ2) is 3.48. The Hall–Kier alpha value is -1.56. The lowest BCUT2D eigenvalue weighted by atomic mass is 9.89. The Morgan fingerprint density at radius 1 is 1.31 bits per heavy atom. The van der Waals surface area contributed by atoms with Gasteiger partial charge in [0.1, 0.15) is 5.92 Å². The van der Waals surface area contributed by atoms with Crippen molar-refractivity contribution in [2.75, 3.05) is 11.6 Å². The predicted octanol–water partition coefficient (Wildman–Crippen LogP) is 1.60. The zero-order valence-electron chi connectivity index (χ0n) is 8.16. The van der Waals surface area contributed by atoms with Crippen molar-refractivity contribution >= 4 is 11.5 Å². The number of fused-ring (bicyclic) bond motifs is 1. The Morgan fingerprint density at radius 2 is 1.94 bits per heavy atom. The van der Waals surface area contributed by atoms with Gasteiger partial charge in [0.25, 0.3) is 0 Å². The average molecular weight is 230 g/mol. The molecule has 0 bridgehead atoms. The molecule has 0 amide bonds. The largest absolute Gasteiger partial charge is 0.402 e. The number of alkyl halides is 3. The fourth-order valence-corrected chi connectivity index (χ4v) is 1.87. The van der Waals surface area contributed by atoms with Crippen LogP contribution in [-0.2, 0) is 4.79 Å². The Balaban J connectivity index is 2.56. The van der Waals surface area contributed by atoms with Gasteiger partial charge in [-0.05, 0) is 11.6 Å². The molecular weight excluding hydrogens is 221 g/mol. The van der Waals surface area contributed by atoms with E-state index in [1.165, 1.54) is 18.2 Å². The van der Waals surface area contributed by atoms with E-state index in [9.17, 15) is 18.0 Å². The van der Waals surface area contributed by atoms with Gasteiger partial charge in [-0.3, -0.25) is 4.79 Å². The number of rotatable bonds is 0. The minimum atomic E-state index is -4.56. The number of hydrogen-bond acceptors (Lipinski definition) is 3. The summed E-state index contributed by atoms with van der Waals surface area (Å²) in [6, 6.07) is 5.80. The number of hydrazine groups is 1. The molecule has 0 saturated carbocycles. The molecule has 0 fully saturated rings. The lowest BCUT2D eigenvalue weighted by Crippen LogP contribution is -2.46. The molecule has 1 atom stereocenters. The monoisotopic (exact) mass is 230 g/mol. The number of halogens is 3. The van der Waals surface area contributed by atoms with Crippen molar-refractivity contribution in [3.63, 3.8) is 0 Å². The van der Waals surface area contributed by atoms with Crippen LogP contribution >= 0.6 is 0 Å². The molecule has 1 aliphatic rings. The van der Waals surface area contributed by atoms with Crippen LogP contribution in [0, 0.1) is 0 Å². The molecule has 0 aliphatic carbocycles. The van der Waals surface area contributed by atoms with Gasteiger partial charge in [-0.2, -0.15) is 13.2 Å². The minimum Gasteiger partial charge on any atom is -0.303 e. The van der Waals surface area contributed by atoms with Crippen LogP contribution in [0.3, 0.4) is 0 Å². The number of carbonyl (C=O) groups is 1. The molecule has 1 heterocycles. The highest BCUT2D eigenvalue weighted by Crippen LogP contribution is 2.41. The highest BCUT2D eigenvalue weighted by atomic mass is 19.4. The molecule has 0 aromatic heterocycles. The second-order valence-electron chi connectivity index (χ2n) is 3.63. The maximum Gasteiger partial charge on any atom is 0.402 e. The lowest BCUT2D eigenvalue weighted by Gasteiger charge is -2.32. The molecule has 0 saturated heterocycles. The molecule has 6 heteroatoms. The summed E-state index contributed by atoms with van der Waals surface area (Å²) in [5.74, 6) is 2.51. The number of para-hydroxylation sites is 1. The number of nitrogens with two attached hydrogens (primary N) is 1. The summed E-state index contributed by atoms with van der Waals surface area (Å²) in [5, 5.41) is 1.04. The van der Waals surface area contributed by atoms with Crippen molar-refractivity contribution in [1.29, 1.82) is 0 Å². The molecule has 0 radical (unpaired) electrons. The number of anilines is 1. The number of nitrogens with zero attached hydrogens (tertiary/aromatic N) is 1. The molecular formula is C10H9F3N2O. The molecule has 1 aliphatic heterocycles. The van der Waals surface area contributed by atoms with Gasteiger partial charge in [-0.15, -0.1) is 0 Å². The van der Waals surface area contributed by atoms with Gasteiger partial charge in [-0.25, -0.2) is 5.84 Å². The van der Waals surface area contributed by atoms with Gasteiger partial charge in [0.2, 0.25) is 0 Å². The standard InChI is InChI=1S/C10H9F3N2O/c11-10(12,13)9-6-3-1-2-4-7(6)15(14)5-8(9)16/h1-4,9H,5,14H2. The molecule has 2 rings (SSSR count). The molecule has 1 unspecified atom stereocenters. The number of carbonyl (C=O) groups excluding carboxylic acids is 1. The van der Waals surface area contributed by atoms with Crippen molar-refractivity contribution in [3.05, 3.63) is 29.8 Å². The van der Waals surface area contributed by atoms with E-state index in [0.29, 0.717) is 0 Å². The first-order chi connectivity index (χ1) is 7.41. The van der Waals surface area contributed by atoms with E-state index in [4.69, 9.17) is 5.84 Å². The highest BCUT2D eigenvalue weighted by molar-refractivity contribution is 5.94. The predicted molar refractivity (Wildman–Crippen MR) is 51.8 cm³/mol. The maximum atomic E-state index is 12.7. The van der Waals surface area contributed by atoms with Crippen molar-refractivity contribution in [1.82, 2.24) is 0 Å². The molecule has 86 valence electrons. The van der Waals surface area contributed by atoms with E-state index in [0.717, 1.165) is 5.01 Å². The van der Waals surface area contributed by atoms with Crippen LogP contribution in [0.2, 0.25) is 0 Å². The fraction of sp³-hybridized carbons (Fsp3) is 0.300. The summed E-state index contributed by atoms with van der Waals surface area (Å²) < 4.78 is 38.2. The van der Waals surface area contributed by atoms with Gasteiger partial charge >= 0.3 is 6.18 Å². The molecule has 2 N–H and O–H groups in total. The van der Waals surface area contributed by atoms with E-state index >= 15 is 0 Å². The number of hydrogen-bond donors (Lipinski definition) is 1. The third kappa shape index (κ3) is 1.65. The van der Waals surface area contributed by atoms with Crippen LogP contribution in [0.25, 0.3) is 0 Å². The second-order valence-corrected chi connectivity index (χ2v) is 3.63. The number of ketones is 1. The summed E-state index contributed by atoms with van der Waals surface area (Å²) >= 11 is 0. The van der Waals surface area contributed by atoms with Crippen molar-refractivity contribution in [2.24, 2.45) is 5.84 Å². The zero-order chi connectivity index (χ0) is 11.9. The first kappa shape index (κ1) is 10.9. The quantitative estimate of drug-likeness (QED) is 0.688. The van der Waals surface area contributed by atoms with Crippen LogP contribution in [0.4, 0.5) is 18.9 Å². The average Bonchev–Trinajstić information content (AvgIpc) is 2.15. The summed E-state index contributed by atoms with van der Waals surface area (Å²) in [4.78, 5) is 11.4. The smallest absolute Gasteiger partial charge is 0.303 e. The van der Waals surface area contributed by atoms with Crippen molar-refractivity contribution in [2.45, 2.75) is 12.1 Å². The first-order valence-electron chi connectivity index (χ1n) is 4.62. The third-order valence-electron chi connectivity index (χ3n) is 2.53. The molecule has 0 spiro atoms. The van der Waals surface area contributed by atoms with Crippen LogP contribution in [0.5, 0.6) is 0 Å². The maximum absolute atomic E-state index is 12.7. The van der Waals surface area contributed by atoms with Gasteiger partial charge in [0.15, 0.2) is 5.78 Å². The normalized spacial score (nSPS) is 20.9.